The van der Waals surface area contributed by atoms with Crippen molar-refractivity contribution in [1.29, 1.82) is 0 Å². The monoisotopic (exact) mass is 296 g/mol. The summed E-state index contributed by atoms with van der Waals surface area (Å²) in [5.41, 5.74) is 1.95. The first-order chi connectivity index (χ1) is 10.0. The van der Waals surface area contributed by atoms with Gasteiger partial charge in [-0.3, -0.25) is 4.79 Å². The van der Waals surface area contributed by atoms with Gasteiger partial charge in [0.15, 0.2) is 0 Å². The third kappa shape index (κ3) is 4.93. The minimum atomic E-state index is -0.300. The van der Waals surface area contributed by atoms with Crippen LogP contribution in [0.3, 0.4) is 0 Å². The van der Waals surface area contributed by atoms with E-state index in [9.17, 15) is 9.90 Å². The number of ether oxygens (including phenoxy) is 3. The second-order valence-corrected chi connectivity index (χ2v) is 4.90. The van der Waals surface area contributed by atoms with E-state index < -0.39 is 0 Å². The van der Waals surface area contributed by atoms with Gasteiger partial charge in [0.2, 0.25) is 0 Å². The number of esters is 1. The van der Waals surface area contributed by atoms with Gasteiger partial charge in [0.1, 0.15) is 11.5 Å². The molecule has 1 atom stereocenters. The van der Waals surface area contributed by atoms with Crippen LogP contribution in [0, 0.1) is 6.92 Å². The van der Waals surface area contributed by atoms with Gasteiger partial charge in [-0.2, -0.15) is 0 Å². The van der Waals surface area contributed by atoms with Crippen molar-refractivity contribution < 1.29 is 24.1 Å². The SMILES string of the molecule is COc1cc([C@H](CCO)CCOC(C)=O)c(OC)cc1C. The Kier molecular flexibility index (Phi) is 7.02. The molecule has 0 fully saturated rings. The van der Waals surface area contributed by atoms with Gasteiger partial charge in [-0.05, 0) is 43.4 Å². The van der Waals surface area contributed by atoms with E-state index in [0.29, 0.717) is 19.4 Å². The highest BCUT2D eigenvalue weighted by Crippen LogP contribution is 2.36. The normalized spacial score (nSPS) is 11.9. The molecule has 0 spiro atoms. The molecule has 0 aliphatic carbocycles. The molecule has 5 nitrogen and oxygen atoms in total. The third-order valence-corrected chi connectivity index (χ3v) is 3.44. The molecule has 0 aliphatic rings. The summed E-state index contributed by atoms with van der Waals surface area (Å²) in [5, 5.41) is 9.27. The average Bonchev–Trinajstić information content (AvgIpc) is 2.45. The summed E-state index contributed by atoms with van der Waals surface area (Å²) in [6.45, 7) is 3.71. The van der Waals surface area contributed by atoms with Crippen LogP contribution >= 0.6 is 0 Å². The predicted molar refractivity (Wildman–Crippen MR) is 80.0 cm³/mol. The molecule has 1 rings (SSSR count). The van der Waals surface area contributed by atoms with E-state index >= 15 is 0 Å². The van der Waals surface area contributed by atoms with Crippen LogP contribution in [0.1, 0.15) is 36.8 Å². The highest BCUT2D eigenvalue weighted by Gasteiger charge is 2.18. The van der Waals surface area contributed by atoms with Crippen molar-refractivity contribution in [3.63, 3.8) is 0 Å². The van der Waals surface area contributed by atoms with Gasteiger partial charge < -0.3 is 19.3 Å². The summed E-state index contributed by atoms with van der Waals surface area (Å²) >= 11 is 0. The molecule has 5 heteroatoms. The van der Waals surface area contributed by atoms with Crippen molar-refractivity contribution in [2.45, 2.75) is 32.6 Å². The summed E-state index contributed by atoms with van der Waals surface area (Å²) in [6.07, 6.45) is 1.20. The molecule has 0 radical (unpaired) electrons. The minimum Gasteiger partial charge on any atom is -0.496 e. The average molecular weight is 296 g/mol. The summed E-state index contributed by atoms with van der Waals surface area (Å²) < 4.78 is 15.8. The molecule has 0 saturated carbocycles. The fourth-order valence-electron chi connectivity index (χ4n) is 2.35. The molecule has 0 amide bonds. The molecule has 0 aliphatic heterocycles. The van der Waals surface area contributed by atoms with Crippen LogP contribution in [0.25, 0.3) is 0 Å². The van der Waals surface area contributed by atoms with E-state index in [2.05, 4.69) is 0 Å². The summed E-state index contributed by atoms with van der Waals surface area (Å²) in [7, 11) is 3.24. The van der Waals surface area contributed by atoms with Crippen molar-refractivity contribution in [3.8, 4) is 11.5 Å². The fourth-order valence-corrected chi connectivity index (χ4v) is 2.35. The number of rotatable bonds is 8. The van der Waals surface area contributed by atoms with Gasteiger partial charge in [-0.1, -0.05) is 0 Å². The first kappa shape index (κ1) is 17.3. The first-order valence-corrected chi connectivity index (χ1v) is 7.00. The summed E-state index contributed by atoms with van der Waals surface area (Å²) in [5.74, 6) is 1.28. The van der Waals surface area contributed by atoms with Gasteiger partial charge >= 0.3 is 5.97 Å². The largest absolute Gasteiger partial charge is 0.496 e. The number of hydrogen-bond acceptors (Lipinski definition) is 5. The highest BCUT2D eigenvalue weighted by molar-refractivity contribution is 5.65. The van der Waals surface area contributed by atoms with E-state index in [4.69, 9.17) is 14.2 Å². The maximum absolute atomic E-state index is 10.9. The van der Waals surface area contributed by atoms with Gasteiger partial charge in [0.05, 0.1) is 20.8 Å². The fraction of sp³-hybridized carbons (Fsp3) is 0.562. The lowest BCUT2D eigenvalue weighted by Crippen LogP contribution is -2.10. The van der Waals surface area contributed by atoms with Gasteiger partial charge in [0.25, 0.3) is 0 Å². The van der Waals surface area contributed by atoms with Crippen molar-refractivity contribution in [2.75, 3.05) is 27.4 Å². The van der Waals surface area contributed by atoms with Crippen molar-refractivity contribution in [2.24, 2.45) is 0 Å². The van der Waals surface area contributed by atoms with Crippen molar-refractivity contribution in [1.82, 2.24) is 0 Å². The third-order valence-electron chi connectivity index (χ3n) is 3.44. The Morgan fingerprint density at radius 1 is 1.19 bits per heavy atom. The van der Waals surface area contributed by atoms with Crippen LogP contribution in [0.4, 0.5) is 0 Å². The van der Waals surface area contributed by atoms with Crippen LogP contribution in [0.2, 0.25) is 0 Å². The number of benzene rings is 1. The van der Waals surface area contributed by atoms with Crippen molar-refractivity contribution in [3.05, 3.63) is 23.3 Å². The van der Waals surface area contributed by atoms with E-state index in [1.807, 2.05) is 19.1 Å². The van der Waals surface area contributed by atoms with E-state index in [1.165, 1.54) is 6.92 Å². The van der Waals surface area contributed by atoms with Gasteiger partial charge in [0, 0.05) is 19.1 Å². The molecule has 0 saturated heterocycles. The number of carbonyl (C=O) groups excluding carboxylic acids is 1. The van der Waals surface area contributed by atoms with Crippen LogP contribution in [0.5, 0.6) is 11.5 Å². The zero-order valence-electron chi connectivity index (χ0n) is 13.1. The first-order valence-electron chi connectivity index (χ1n) is 7.00. The topological polar surface area (TPSA) is 65.0 Å². The number of carbonyl (C=O) groups is 1. The van der Waals surface area contributed by atoms with Crippen LogP contribution < -0.4 is 9.47 Å². The predicted octanol–water partition coefficient (Wildman–Crippen LogP) is 2.43. The molecule has 118 valence electrons. The molecular weight excluding hydrogens is 272 g/mol. The highest BCUT2D eigenvalue weighted by atomic mass is 16.5. The number of aryl methyl sites for hydroxylation is 1. The number of aliphatic hydroxyl groups excluding tert-OH is 1. The van der Waals surface area contributed by atoms with E-state index in [1.54, 1.807) is 14.2 Å². The summed E-state index contributed by atoms with van der Waals surface area (Å²) in [6, 6.07) is 3.85. The molecule has 1 aromatic carbocycles. The zero-order chi connectivity index (χ0) is 15.8. The Balaban J connectivity index is 3.01. The molecule has 1 aromatic rings. The Morgan fingerprint density at radius 2 is 1.86 bits per heavy atom. The van der Waals surface area contributed by atoms with E-state index in [-0.39, 0.29) is 18.5 Å². The Morgan fingerprint density at radius 3 is 2.38 bits per heavy atom. The standard InChI is InChI=1S/C16H24O5/c1-11-9-16(20-4)14(10-15(11)19-3)13(5-7-17)6-8-21-12(2)18/h9-10,13,17H,5-8H2,1-4H3/t13-/m1/s1. The smallest absolute Gasteiger partial charge is 0.302 e. The number of hydrogen-bond donors (Lipinski definition) is 1. The van der Waals surface area contributed by atoms with Gasteiger partial charge in [-0.15, -0.1) is 0 Å². The molecule has 0 heterocycles. The lowest BCUT2D eigenvalue weighted by Gasteiger charge is -2.21. The van der Waals surface area contributed by atoms with Crippen LogP contribution in [0.15, 0.2) is 12.1 Å². The number of aliphatic hydroxyl groups is 1. The quantitative estimate of drug-likeness (QED) is 0.746. The maximum atomic E-state index is 10.9. The van der Waals surface area contributed by atoms with E-state index in [0.717, 1.165) is 22.6 Å². The minimum absolute atomic E-state index is 0.0406. The number of methoxy groups -OCH3 is 2. The van der Waals surface area contributed by atoms with Crippen LogP contribution in [-0.4, -0.2) is 38.5 Å². The zero-order valence-corrected chi connectivity index (χ0v) is 13.1. The Labute approximate surface area is 125 Å². The summed E-state index contributed by atoms with van der Waals surface area (Å²) in [4.78, 5) is 10.9. The molecule has 21 heavy (non-hydrogen) atoms. The second-order valence-electron chi connectivity index (χ2n) is 4.90. The lowest BCUT2D eigenvalue weighted by atomic mass is 9.91. The Hall–Kier alpha value is -1.75. The lowest BCUT2D eigenvalue weighted by molar-refractivity contribution is -0.141. The van der Waals surface area contributed by atoms with Crippen molar-refractivity contribution >= 4 is 5.97 Å². The van der Waals surface area contributed by atoms with Gasteiger partial charge in [-0.25, -0.2) is 0 Å². The molecule has 0 aromatic heterocycles. The second kappa shape index (κ2) is 8.52. The molecular formula is C16H24O5. The molecule has 1 N–H and O–H groups in total. The molecule has 0 bridgehead atoms. The molecule has 0 unspecified atom stereocenters. The van der Waals surface area contributed by atoms with Crippen LogP contribution in [-0.2, 0) is 9.53 Å². The Bertz CT molecular complexity index is 470. The maximum Gasteiger partial charge on any atom is 0.302 e.